The van der Waals surface area contributed by atoms with E-state index in [2.05, 4.69) is 4.98 Å². The summed E-state index contributed by atoms with van der Waals surface area (Å²) < 4.78 is 4.91. The van der Waals surface area contributed by atoms with Crippen molar-refractivity contribution in [1.29, 1.82) is 0 Å². The second kappa shape index (κ2) is 4.57. The van der Waals surface area contributed by atoms with Crippen molar-refractivity contribution in [2.45, 2.75) is 12.5 Å². The van der Waals surface area contributed by atoms with Crippen molar-refractivity contribution >= 4 is 5.97 Å². The van der Waals surface area contributed by atoms with Gasteiger partial charge in [-0.25, -0.2) is 0 Å². The third-order valence-electron chi connectivity index (χ3n) is 1.70. The normalized spacial score (nSPS) is 12.1. The van der Waals surface area contributed by atoms with Crippen molar-refractivity contribution < 1.29 is 19.7 Å². The van der Waals surface area contributed by atoms with Gasteiger partial charge in [0.2, 0.25) is 0 Å². The minimum Gasteiger partial charge on any atom is -0.497 e. The van der Waals surface area contributed by atoms with Crippen LogP contribution in [-0.2, 0) is 4.79 Å². The van der Waals surface area contributed by atoms with E-state index in [9.17, 15) is 9.90 Å². The van der Waals surface area contributed by atoms with Gasteiger partial charge in [0.1, 0.15) is 11.9 Å². The summed E-state index contributed by atoms with van der Waals surface area (Å²) in [6, 6.07) is 3.13. The molecule has 0 bridgehead atoms. The molecule has 0 unspecified atom stereocenters. The Bertz CT molecular complexity index is 326. The number of carboxylic acids is 1. The standard InChI is InChI=1S/C9H11NO4/c1-14-6-2-3-10-7(4-6)8(11)5-9(12)13/h2-4,8,11H,5H2,1H3,(H,12,13)/t8-/m0/s1. The van der Waals surface area contributed by atoms with Crippen LogP contribution in [0, 0.1) is 0 Å². The molecule has 14 heavy (non-hydrogen) atoms. The summed E-state index contributed by atoms with van der Waals surface area (Å²) in [4.78, 5) is 14.2. The van der Waals surface area contributed by atoms with Gasteiger partial charge in [0.15, 0.2) is 0 Å². The Morgan fingerprint density at radius 2 is 2.43 bits per heavy atom. The predicted molar refractivity (Wildman–Crippen MR) is 48.0 cm³/mol. The van der Waals surface area contributed by atoms with Crippen molar-refractivity contribution in [3.8, 4) is 5.75 Å². The van der Waals surface area contributed by atoms with Crippen molar-refractivity contribution in [2.24, 2.45) is 0 Å². The van der Waals surface area contributed by atoms with E-state index in [1.165, 1.54) is 19.4 Å². The number of aromatic nitrogens is 1. The van der Waals surface area contributed by atoms with Gasteiger partial charge in [-0.2, -0.15) is 0 Å². The number of aliphatic hydroxyl groups excluding tert-OH is 1. The van der Waals surface area contributed by atoms with E-state index >= 15 is 0 Å². The highest BCUT2D eigenvalue weighted by Gasteiger charge is 2.13. The summed E-state index contributed by atoms with van der Waals surface area (Å²) in [5.41, 5.74) is 0.298. The molecule has 0 fully saturated rings. The molecule has 0 saturated carbocycles. The minimum atomic E-state index is -1.09. The number of ether oxygens (including phenoxy) is 1. The zero-order valence-electron chi connectivity index (χ0n) is 7.67. The van der Waals surface area contributed by atoms with E-state index in [1.54, 1.807) is 6.07 Å². The molecular weight excluding hydrogens is 186 g/mol. The lowest BCUT2D eigenvalue weighted by Crippen LogP contribution is -2.07. The lowest BCUT2D eigenvalue weighted by atomic mass is 10.1. The van der Waals surface area contributed by atoms with Gasteiger partial charge < -0.3 is 14.9 Å². The number of hydrogen-bond acceptors (Lipinski definition) is 4. The lowest BCUT2D eigenvalue weighted by molar-refractivity contribution is -0.139. The van der Waals surface area contributed by atoms with Crippen LogP contribution in [0.4, 0.5) is 0 Å². The van der Waals surface area contributed by atoms with Crippen LogP contribution in [0.2, 0.25) is 0 Å². The van der Waals surface area contributed by atoms with E-state index in [1.807, 2.05) is 0 Å². The molecule has 1 atom stereocenters. The molecule has 5 heteroatoms. The zero-order chi connectivity index (χ0) is 10.6. The zero-order valence-corrected chi connectivity index (χ0v) is 7.67. The Kier molecular flexibility index (Phi) is 3.41. The Morgan fingerprint density at radius 3 is 3.00 bits per heavy atom. The maximum Gasteiger partial charge on any atom is 0.306 e. The van der Waals surface area contributed by atoms with Gasteiger partial charge in [-0.1, -0.05) is 0 Å². The topological polar surface area (TPSA) is 79.7 Å². The second-order valence-electron chi connectivity index (χ2n) is 2.73. The number of methoxy groups -OCH3 is 1. The quantitative estimate of drug-likeness (QED) is 0.738. The molecule has 0 radical (unpaired) electrons. The molecule has 0 aliphatic heterocycles. The van der Waals surface area contributed by atoms with Crippen LogP contribution in [0.25, 0.3) is 0 Å². The van der Waals surface area contributed by atoms with Crippen LogP contribution in [0.3, 0.4) is 0 Å². The first-order chi connectivity index (χ1) is 6.63. The number of aliphatic carboxylic acids is 1. The maximum atomic E-state index is 10.3. The first-order valence-corrected chi connectivity index (χ1v) is 4.03. The summed E-state index contributed by atoms with van der Waals surface area (Å²) in [5.74, 6) is -0.526. The van der Waals surface area contributed by atoms with E-state index < -0.39 is 12.1 Å². The highest BCUT2D eigenvalue weighted by Crippen LogP contribution is 2.18. The van der Waals surface area contributed by atoms with Crippen LogP contribution < -0.4 is 4.74 Å². The van der Waals surface area contributed by atoms with Crippen LogP contribution in [0.5, 0.6) is 5.75 Å². The molecule has 0 saturated heterocycles. The summed E-state index contributed by atoms with van der Waals surface area (Å²) in [6.07, 6.45) is 0.00182. The lowest BCUT2D eigenvalue weighted by Gasteiger charge is -2.08. The fourth-order valence-electron chi connectivity index (χ4n) is 1.01. The van der Waals surface area contributed by atoms with E-state index in [4.69, 9.17) is 9.84 Å². The molecular formula is C9H11NO4. The maximum absolute atomic E-state index is 10.3. The smallest absolute Gasteiger partial charge is 0.306 e. The van der Waals surface area contributed by atoms with Crippen LogP contribution in [0.15, 0.2) is 18.3 Å². The molecule has 0 aromatic carbocycles. The Labute approximate surface area is 81.0 Å². The number of hydrogen-bond donors (Lipinski definition) is 2. The SMILES string of the molecule is COc1ccnc([C@@H](O)CC(=O)O)c1. The van der Waals surface area contributed by atoms with Crippen molar-refractivity contribution in [3.63, 3.8) is 0 Å². The Morgan fingerprint density at radius 1 is 1.71 bits per heavy atom. The molecule has 0 aliphatic carbocycles. The van der Waals surface area contributed by atoms with Crippen LogP contribution >= 0.6 is 0 Å². The molecule has 0 aliphatic rings. The van der Waals surface area contributed by atoms with Gasteiger partial charge in [0, 0.05) is 12.3 Å². The molecule has 76 valence electrons. The average Bonchev–Trinajstić information content (AvgIpc) is 2.17. The predicted octanol–water partition coefficient (Wildman–Crippen LogP) is 0.598. The van der Waals surface area contributed by atoms with Crippen molar-refractivity contribution in [1.82, 2.24) is 4.98 Å². The monoisotopic (exact) mass is 197 g/mol. The van der Waals surface area contributed by atoms with E-state index in [0.29, 0.717) is 11.4 Å². The highest BCUT2D eigenvalue weighted by molar-refractivity contribution is 5.67. The summed E-state index contributed by atoms with van der Waals surface area (Å²) in [7, 11) is 1.49. The summed E-state index contributed by atoms with van der Waals surface area (Å²) in [6.45, 7) is 0. The van der Waals surface area contributed by atoms with Crippen molar-refractivity contribution in [3.05, 3.63) is 24.0 Å². The number of carboxylic acid groups (broad SMARTS) is 1. The van der Waals surface area contributed by atoms with Crippen LogP contribution in [-0.4, -0.2) is 28.3 Å². The van der Waals surface area contributed by atoms with Gasteiger partial charge in [0.25, 0.3) is 0 Å². The van der Waals surface area contributed by atoms with Gasteiger partial charge >= 0.3 is 5.97 Å². The molecule has 5 nitrogen and oxygen atoms in total. The molecule has 1 rings (SSSR count). The van der Waals surface area contributed by atoms with Crippen LogP contribution in [0.1, 0.15) is 18.2 Å². The number of rotatable bonds is 4. The average molecular weight is 197 g/mol. The molecule has 1 heterocycles. The third kappa shape index (κ3) is 2.70. The van der Waals surface area contributed by atoms with Crippen molar-refractivity contribution in [2.75, 3.05) is 7.11 Å². The third-order valence-corrected chi connectivity index (χ3v) is 1.70. The first kappa shape index (κ1) is 10.5. The highest BCUT2D eigenvalue weighted by atomic mass is 16.5. The number of aliphatic hydroxyl groups is 1. The largest absolute Gasteiger partial charge is 0.497 e. The molecule has 0 amide bonds. The Hall–Kier alpha value is -1.62. The first-order valence-electron chi connectivity index (χ1n) is 4.03. The minimum absolute atomic E-state index is 0.298. The number of nitrogens with zero attached hydrogens (tertiary/aromatic N) is 1. The van der Waals surface area contributed by atoms with E-state index in [-0.39, 0.29) is 6.42 Å². The molecule has 1 aromatic rings. The van der Waals surface area contributed by atoms with Gasteiger partial charge in [0.05, 0.1) is 19.2 Å². The molecule has 0 spiro atoms. The fourth-order valence-corrected chi connectivity index (χ4v) is 1.01. The fraction of sp³-hybridized carbons (Fsp3) is 0.333. The molecule has 2 N–H and O–H groups in total. The van der Waals surface area contributed by atoms with Gasteiger partial charge in [-0.05, 0) is 6.07 Å². The second-order valence-corrected chi connectivity index (χ2v) is 2.73. The summed E-state index contributed by atoms with van der Waals surface area (Å²) in [5, 5.41) is 17.9. The molecule has 1 aromatic heterocycles. The Balaban J connectivity index is 2.78. The number of carbonyl (C=O) groups is 1. The number of pyridine rings is 1. The summed E-state index contributed by atoms with van der Waals surface area (Å²) >= 11 is 0. The van der Waals surface area contributed by atoms with E-state index in [0.717, 1.165) is 0 Å². The van der Waals surface area contributed by atoms with Gasteiger partial charge in [-0.15, -0.1) is 0 Å². The van der Waals surface area contributed by atoms with Gasteiger partial charge in [-0.3, -0.25) is 9.78 Å².